The number of carbonyl (C=O) groups excluding carboxylic acids is 4. The number of unbranched alkanes of at least 4 members (excludes halogenated alkanes) is 27. The Labute approximate surface area is 597 Å². The van der Waals surface area contributed by atoms with Crippen LogP contribution in [-0.4, -0.2) is 52.1 Å². The summed E-state index contributed by atoms with van der Waals surface area (Å²) in [7, 11) is 0. The van der Waals surface area contributed by atoms with Gasteiger partial charge in [-0.3, -0.25) is 19.2 Å². The molecule has 0 saturated carbocycles. The number of fused-ring (bicyclic) bond motifs is 1. The minimum absolute atomic E-state index is 0. The Morgan fingerprint density at radius 2 is 0.865 bits per heavy atom. The number of allylic oxidation sites excluding steroid dienone is 1. The molecule has 89 heavy (non-hydrogen) atoms. The molecule has 2 N–H and O–H groups in total. The van der Waals surface area contributed by atoms with Crippen molar-refractivity contribution in [2.75, 3.05) is 0 Å². The van der Waals surface area contributed by atoms with Gasteiger partial charge in [0.25, 0.3) is 5.91 Å². The Morgan fingerprint density at radius 3 is 1.19 bits per heavy atom. The van der Waals surface area contributed by atoms with E-state index in [0.29, 0.717) is 17.6 Å². The van der Waals surface area contributed by atoms with Crippen molar-refractivity contribution in [2.24, 2.45) is 0 Å². The number of esters is 2. The van der Waals surface area contributed by atoms with Gasteiger partial charge in [-0.2, -0.15) is 5.26 Å². The van der Waals surface area contributed by atoms with Gasteiger partial charge in [-0.1, -0.05) is 222 Å². The van der Waals surface area contributed by atoms with Crippen LogP contribution >= 0.6 is 34.0 Å². The Balaban J connectivity index is 0.00000141. The van der Waals surface area contributed by atoms with E-state index in [1.165, 1.54) is 209 Å². The quantitative estimate of drug-likeness (QED) is 0.0319. The Bertz CT molecular complexity index is 2320. The van der Waals surface area contributed by atoms with Gasteiger partial charge in [0.2, 0.25) is 0 Å². The molecule has 0 saturated heterocycles. The number of nitrogens with one attached hydrogen (secondary N) is 1. The van der Waals surface area contributed by atoms with E-state index in [1.54, 1.807) is 96.3 Å². The summed E-state index contributed by atoms with van der Waals surface area (Å²) < 4.78 is 9.72. The van der Waals surface area contributed by atoms with E-state index in [-0.39, 0.29) is 100 Å². The molecule has 2 aliphatic rings. The third kappa shape index (κ3) is 45.6. The number of nitriles is 1. The topological polar surface area (TPSA) is 166 Å². The number of ketones is 1. The maximum atomic E-state index is 13.2. The number of Topliss-reactive ketones (excluding diaryl/α,β-unsaturated/α-hetero) is 1. The molecule has 0 fully saturated rings. The number of aliphatic hydroxyl groups is 1. The van der Waals surface area contributed by atoms with Gasteiger partial charge in [-0.25, -0.2) is 0 Å². The molecule has 0 bridgehead atoms. The van der Waals surface area contributed by atoms with Crippen molar-refractivity contribution in [3.8, 4) is 6.07 Å². The Kier molecular flexibility index (Phi) is 51.6. The first-order valence-corrected chi connectivity index (χ1v) is 37.4. The van der Waals surface area contributed by atoms with Crippen molar-refractivity contribution in [1.29, 1.82) is 5.26 Å². The molecule has 3 aromatic rings. The fourth-order valence-electron chi connectivity index (χ4n) is 9.94. The SMILES string of the molecule is CC(C)(C)[O-].CC(C)OC(=O)CCC(=O)OC(C)C.CCC(C)(C)O.CCCCCCCCCCCCc1csc(C#N)c1.CCCCCCCCCCCCc1csc(C2=C3C(=O)NC(c4cc(CCCCCCCCCCCC)cs4)=C3C(=O)C2)c1.[K+]. The molecule has 0 aromatic carbocycles. The number of ether oxygens (including phenoxy) is 2. The summed E-state index contributed by atoms with van der Waals surface area (Å²) in [4.78, 5) is 51.4. The summed E-state index contributed by atoms with van der Waals surface area (Å²) in [6.07, 6.45) is 45.1. The summed E-state index contributed by atoms with van der Waals surface area (Å²) >= 11 is 4.92. The first kappa shape index (κ1) is 86.7. The number of hydrogen-bond acceptors (Lipinski definition) is 12. The van der Waals surface area contributed by atoms with E-state index in [9.17, 15) is 24.3 Å². The van der Waals surface area contributed by atoms with E-state index in [4.69, 9.17) is 19.8 Å². The number of nitrogens with zero attached hydrogens (tertiary/aromatic N) is 1. The summed E-state index contributed by atoms with van der Waals surface area (Å²) in [6, 6.07) is 8.68. The summed E-state index contributed by atoms with van der Waals surface area (Å²) in [5, 5.41) is 37.3. The van der Waals surface area contributed by atoms with Gasteiger partial charge in [0.1, 0.15) is 10.9 Å². The van der Waals surface area contributed by atoms with Crippen molar-refractivity contribution >= 4 is 68.9 Å². The third-order valence-corrected chi connectivity index (χ3v) is 18.0. The van der Waals surface area contributed by atoms with Crippen LogP contribution < -0.4 is 61.8 Å². The van der Waals surface area contributed by atoms with Crippen LogP contribution in [0, 0.1) is 11.3 Å². The van der Waals surface area contributed by atoms with Gasteiger partial charge >= 0.3 is 63.3 Å². The van der Waals surface area contributed by atoms with Gasteiger partial charge in [-0.05, 0) is 143 Å². The molecule has 0 unspecified atom stereocenters. The molecule has 1 aliphatic heterocycles. The fraction of sp³-hybridized carbons (Fsp3) is 0.720. The van der Waals surface area contributed by atoms with Crippen LogP contribution in [0.4, 0.5) is 0 Å². The maximum Gasteiger partial charge on any atom is 1.00 e. The molecular weight excluding hydrogens is 1190 g/mol. The Hall–Kier alpha value is -2.29. The second-order valence-electron chi connectivity index (χ2n) is 26.4. The van der Waals surface area contributed by atoms with Gasteiger partial charge in [0, 0.05) is 11.3 Å². The van der Waals surface area contributed by atoms with Crippen LogP contribution in [-0.2, 0) is 47.9 Å². The molecule has 4 heterocycles. The molecule has 10 nitrogen and oxygen atoms in total. The molecule has 500 valence electrons. The third-order valence-electron chi connectivity index (χ3n) is 15.1. The molecule has 3 aromatic heterocycles. The smallest absolute Gasteiger partial charge is 0.850 e. The number of hydrogen-bond donors (Lipinski definition) is 2. The monoisotopic (exact) mass is 1310 g/mol. The Morgan fingerprint density at radius 1 is 0.551 bits per heavy atom. The average molecular weight is 1320 g/mol. The van der Waals surface area contributed by atoms with E-state index in [1.807, 2.05) is 13.0 Å². The first-order chi connectivity index (χ1) is 42.0. The second kappa shape index (κ2) is 53.0. The van der Waals surface area contributed by atoms with Crippen molar-refractivity contribution < 1.29 is 90.2 Å². The number of aryl methyl sites for hydroxylation is 3. The summed E-state index contributed by atoms with van der Waals surface area (Å²) in [6.45, 7) is 24.3. The van der Waals surface area contributed by atoms with Gasteiger partial charge in [0.15, 0.2) is 5.78 Å². The normalized spacial score (nSPS) is 12.7. The van der Waals surface area contributed by atoms with Gasteiger partial charge < -0.3 is 25.0 Å². The van der Waals surface area contributed by atoms with Crippen molar-refractivity contribution in [3.63, 3.8) is 0 Å². The molecule has 1 amide bonds. The van der Waals surface area contributed by atoms with Crippen molar-refractivity contribution in [3.05, 3.63) is 76.8 Å². The minimum atomic E-state index is -0.750. The summed E-state index contributed by atoms with van der Waals surface area (Å²) in [5.41, 5.74) is 5.73. The second-order valence-corrected chi connectivity index (χ2v) is 29.1. The minimum Gasteiger partial charge on any atom is -0.850 e. The van der Waals surface area contributed by atoms with E-state index >= 15 is 0 Å². The standard InChI is InChI=1S/C39H57NO2S2.C17H27NS.C10H18O4.C5H12O.C4H9O.K/c1-3-5-7-9-11-13-15-17-19-21-23-30-25-34(43-28-30)32-27-33(41)37-36(32)39(42)40-38(37)35-26-31(29-44-35)24-22-20-18-16-14-12-10-8-6-4-2;1-2-3-4-5-6-7-8-9-10-11-12-16-13-17(14-18)19-15-16;1-7(2)13-9(11)5-6-10(12)14-8(3)4;1-4-5(2,3)6;1-4(2,3)5;/h25-26,28-29H,3-24,27H2,1-2H3,(H,40,42);13,15H,2-12H2,1H3;7-8H,5-6H2,1-4H3;6H,4H2,1-3H3;1-3H3;/q;;;;-1;+1. The molecule has 0 radical (unpaired) electrons. The fourth-order valence-corrected chi connectivity index (χ4v) is 12.6. The van der Waals surface area contributed by atoms with Gasteiger partial charge in [0.05, 0.1) is 52.4 Å². The van der Waals surface area contributed by atoms with Crippen LogP contribution in [0.3, 0.4) is 0 Å². The zero-order chi connectivity index (χ0) is 65.6. The van der Waals surface area contributed by atoms with Crippen LogP contribution in [0.1, 0.15) is 340 Å². The molecule has 5 rings (SSSR count). The maximum absolute atomic E-state index is 13.2. The number of carbonyl (C=O) groups is 4. The van der Waals surface area contributed by atoms with Crippen molar-refractivity contribution in [2.45, 2.75) is 351 Å². The molecule has 14 heteroatoms. The predicted molar refractivity (Wildman–Crippen MR) is 374 cm³/mol. The van der Waals surface area contributed by atoms with Crippen molar-refractivity contribution in [1.82, 2.24) is 5.32 Å². The zero-order valence-electron chi connectivity index (χ0n) is 58.8. The number of thiophene rings is 3. The predicted octanol–water partition coefficient (Wildman–Crippen LogP) is 18.1. The summed E-state index contributed by atoms with van der Waals surface area (Å²) in [5.74, 6) is -0.746. The zero-order valence-corrected chi connectivity index (χ0v) is 64.3. The van der Waals surface area contributed by atoms with E-state index in [2.05, 4.69) is 60.4 Å². The van der Waals surface area contributed by atoms with E-state index in [0.717, 1.165) is 51.6 Å². The number of rotatable bonds is 41. The molecular formula is C75H123KN2O8S3. The van der Waals surface area contributed by atoms with Crippen LogP contribution in [0.15, 0.2) is 45.5 Å². The molecule has 1 aliphatic carbocycles. The molecule has 0 atom stereocenters. The van der Waals surface area contributed by atoms with Crippen LogP contribution in [0.25, 0.3) is 11.3 Å². The van der Waals surface area contributed by atoms with E-state index < -0.39 is 11.2 Å². The van der Waals surface area contributed by atoms with Crippen LogP contribution in [0.5, 0.6) is 0 Å². The molecule has 0 spiro atoms. The first-order valence-electron chi connectivity index (χ1n) is 34.7. The van der Waals surface area contributed by atoms with Gasteiger partial charge in [-0.15, -0.1) is 39.6 Å². The largest absolute Gasteiger partial charge is 1.00 e. The van der Waals surface area contributed by atoms with Crippen LogP contribution in [0.2, 0.25) is 0 Å². The average Bonchev–Trinajstić information content (AvgIpc) is 1.80. The number of amides is 1.